The number of likely N-dealkylation sites (tertiary alicyclic amines) is 1. The number of nitrogens with one attached hydrogen (secondary N) is 1. The lowest BCUT2D eigenvalue weighted by molar-refractivity contribution is -0.126. The van der Waals surface area contributed by atoms with Crippen molar-refractivity contribution in [1.82, 2.24) is 10.3 Å². The Morgan fingerprint density at radius 1 is 1.16 bits per heavy atom. The molecule has 0 bridgehead atoms. The van der Waals surface area contributed by atoms with Crippen LogP contribution in [0.15, 0.2) is 66.3 Å². The quantitative estimate of drug-likeness (QED) is 0.403. The SMILES string of the molecule is C=CCOc1cccc(/C=N\NC(=O)C2CCN(C(=O)c3cccc(OC)c3)CC2)c1. The van der Waals surface area contributed by atoms with Gasteiger partial charge in [-0.2, -0.15) is 5.10 Å². The van der Waals surface area contributed by atoms with Crippen LogP contribution in [0.1, 0.15) is 28.8 Å². The molecule has 31 heavy (non-hydrogen) atoms. The van der Waals surface area contributed by atoms with E-state index in [1.54, 1.807) is 48.6 Å². The van der Waals surface area contributed by atoms with Crippen LogP contribution in [0, 0.1) is 5.92 Å². The van der Waals surface area contributed by atoms with E-state index in [0.29, 0.717) is 49.6 Å². The highest BCUT2D eigenvalue weighted by atomic mass is 16.5. The highest BCUT2D eigenvalue weighted by Crippen LogP contribution is 2.21. The zero-order valence-corrected chi connectivity index (χ0v) is 17.6. The van der Waals surface area contributed by atoms with E-state index in [0.717, 1.165) is 5.56 Å². The second-order valence-corrected chi connectivity index (χ2v) is 7.20. The molecule has 1 aliphatic heterocycles. The van der Waals surface area contributed by atoms with Crippen molar-refractivity contribution in [1.29, 1.82) is 0 Å². The Balaban J connectivity index is 1.48. The molecule has 7 nitrogen and oxygen atoms in total. The molecule has 1 fully saturated rings. The van der Waals surface area contributed by atoms with Crippen molar-refractivity contribution < 1.29 is 19.1 Å². The number of rotatable bonds is 8. The monoisotopic (exact) mass is 421 g/mol. The first-order chi connectivity index (χ1) is 15.1. The number of piperidine rings is 1. The molecule has 2 amide bonds. The Bertz CT molecular complexity index is 949. The Labute approximate surface area is 182 Å². The smallest absolute Gasteiger partial charge is 0.253 e. The third-order valence-corrected chi connectivity index (χ3v) is 5.08. The van der Waals surface area contributed by atoms with E-state index in [-0.39, 0.29) is 17.7 Å². The number of carbonyl (C=O) groups excluding carboxylic acids is 2. The minimum Gasteiger partial charge on any atom is -0.497 e. The lowest BCUT2D eigenvalue weighted by atomic mass is 9.95. The van der Waals surface area contributed by atoms with Crippen LogP contribution in [0.25, 0.3) is 0 Å². The summed E-state index contributed by atoms with van der Waals surface area (Å²) in [7, 11) is 1.57. The van der Waals surface area contributed by atoms with Gasteiger partial charge in [0, 0.05) is 24.6 Å². The topological polar surface area (TPSA) is 80.2 Å². The van der Waals surface area contributed by atoms with E-state index in [9.17, 15) is 9.59 Å². The predicted octanol–water partition coefficient (Wildman–Crippen LogP) is 3.26. The van der Waals surface area contributed by atoms with Crippen LogP contribution in [-0.2, 0) is 4.79 Å². The van der Waals surface area contributed by atoms with Crippen molar-refractivity contribution in [2.75, 3.05) is 26.8 Å². The van der Waals surface area contributed by atoms with Gasteiger partial charge < -0.3 is 14.4 Å². The second kappa shape index (κ2) is 11.0. The molecule has 1 saturated heterocycles. The molecule has 2 aromatic carbocycles. The zero-order chi connectivity index (χ0) is 22.1. The molecule has 1 heterocycles. The highest BCUT2D eigenvalue weighted by Gasteiger charge is 2.27. The summed E-state index contributed by atoms with van der Waals surface area (Å²) in [5.74, 6) is 1.01. The van der Waals surface area contributed by atoms with Crippen LogP contribution in [-0.4, -0.2) is 49.7 Å². The summed E-state index contributed by atoms with van der Waals surface area (Å²) in [6, 6.07) is 14.5. The van der Waals surface area contributed by atoms with Gasteiger partial charge in [0.25, 0.3) is 5.91 Å². The van der Waals surface area contributed by atoms with Crippen molar-refractivity contribution in [3.05, 3.63) is 72.3 Å². The maximum atomic E-state index is 12.7. The van der Waals surface area contributed by atoms with Crippen molar-refractivity contribution in [2.45, 2.75) is 12.8 Å². The van der Waals surface area contributed by atoms with Crippen molar-refractivity contribution >= 4 is 18.0 Å². The molecule has 0 spiro atoms. The van der Waals surface area contributed by atoms with Crippen LogP contribution in [0.4, 0.5) is 0 Å². The first-order valence-electron chi connectivity index (χ1n) is 10.2. The van der Waals surface area contributed by atoms with Crippen LogP contribution >= 0.6 is 0 Å². The van der Waals surface area contributed by atoms with Gasteiger partial charge in [-0.15, -0.1) is 0 Å². The van der Waals surface area contributed by atoms with Crippen molar-refractivity contribution in [3.63, 3.8) is 0 Å². The van der Waals surface area contributed by atoms with Crippen LogP contribution in [0.5, 0.6) is 11.5 Å². The van der Waals surface area contributed by atoms with Crippen LogP contribution in [0.3, 0.4) is 0 Å². The molecule has 0 unspecified atom stereocenters. The number of methoxy groups -OCH3 is 1. The summed E-state index contributed by atoms with van der Waals surface area (Å²) >= 11 is 0. The maximum Gasteiger partial charge on any atom is 0.253 e. The van der Waals surface area contributed by atoms with Gasteiger partial charge in [0.05, 0.1) is 13.3 Å². The molecule has 7 heteroatoms. The molecule has 3 rings (SSSR count). The van der Waals surface area contributed by atoms with Gasteiger partial charge in [-0.25, -0.2) is 5.43 Å². The van der Waals surface area contributed by atoms with Crippen molar-refractivity contribution in [2.24, 2.45) is 11.0 Å². The number of carbonyl (C=O) groups is 2. The zero-order valence-electron chi connectivity index (χ0n) is 17.6. The number of benzene rings is 2. The summed E-state index contributed by atoms with van der Waals surface area (Å²) in [4.78, 5) is 26.9. The number of hydrogen-bond donors (Lipinski definition) is 1. The molecule has 0 radical (unpaired) electrons. The average molecular weight is 421 g/mol. The third kappa shape index (κ3) is 6.18. The first-order valence-corrected chi connectivity index (χ1v) is 10.2. The van der Waals surface area contributed by atoms with Crippen LogP contribution < -0.4 is 14.9 Å². The fraction of sp³-hybridized carbons (Fsp3) is 0.292. The summed E-state index contributed by atoms with van der Waals surface area (Å²) < 4.78 is 10.7. The fourth-order valence-electron chi connectivity index (χ4n) is 3.38. The van der Waals surface area contributed by atoms with E-state index in [1.807, 2.05) is 24.3 Å². The van der Waals surface area contributed by atoms with E-state index in [1.165, 1.54) is 0 Å². The van der Waals surface area contributed by atoms with E-state index in [2.05, 4.69) is 17.1 Å². The maximum absolute atomic E-state index is 12.7. The number of amides is 2. The number of hydrogen-bond acceptors (Lipinski definition) is 5. The molecule has 1 aliphatic rings. The van der Waals surface area contributed by atoms with Gasteiger partial charge in [0.15, 0.2) is 0 Å². The fourth-order valence-corrected chi connectivity index (χ4v) is 3.38. The molecule has 2 aromatic rings. The molecular formula is C24H27N3O4. The van der Waals surface area contributed by atoms with E-state index in [4.69, 9.17) is 9.47 Å². The second-order valence-electron chi connectivity index (χ2n) is 7.20. The highest BCUT2D eigenvalue weighted by molar-refractivity contribution is 5.94. The molecular weight excluding hydrogens is 394 g/mol. The largest absolute Gasteiger partial charge is 0.497 e. The normalized spacial score (nSPS) is 14.3. The minimum absolute atomic E-state index is 0.0469. The van der Waals surface area contributed by atoms with Gasteiger partial charge >= 0.3 is 0 Å². The van der Waals surface area contributed by atoms with Crippen LogP contribution in [0.2, 0.25) is 0 Å². The number of ether oxygens (including phenoxy) is 2. The molecule has 162 valence electrons. The minimum atomic E-state index is -0.172. The third-order valence-electron chi connectivity index (χ3n) is 5.08. The van der Waals surface area contributed by atoms with Gasteiger partial charge in [-0.05, 0) is 48.7 Å². The first kappa shape index (κ1) is 22.1. The van der Waals surface area contributed by atoms with Gasteiger partial charge in [-0.1, -0.05) is 30.9 Å². The Kier molecular flexibility index (Phi) is 7.81. The summed E-state index contributed by atoms with van der Waals surface area (Å²) in [6.07, 6.45) is 4.46. The predicted molar refractivity (Wildman–Crippen MR) is 119 cm³/mol. The molecule has 0 aliphatic carbocycles. The molecule has 0 saturated carbocycles. The average Bonchev–Trinajstić information content (AvgIpc) is 2.82. The molecule has 0 atom stereocenters. The van der Waals surface area contributed by atoms with E-state index < -0.39 is 0 Å². The molecule has 0 aromatic heterocycles. The lowest BCUT2D eigenvalue weighted by Crippen LogP contribution is -2.42. The summed E-state index contributed by atoms with van der Waals surface area (Å²) in [6.45, 7) is 5.11. The van der Waals surface area contributed by atoms with Crippen molar-refractivity contribution in [3.8, 4) is 11.5 Å². The Hall–Kier alpha value is -3.61. The van der Waals surface area contributed by atoms with Gasteiger partial charge in [0.2, 0.25) is 5.91 Å². The standard InChI is InChI=1S/C24H27N3O4/c1-3-14-31-22-9-4-6-18(15-22)17-25-26-23(28)19-10-12-27(13-11-19)24(29)20-7-5-8-21(16-20)30-2/h3-9,15-17,19H,1,10-14H2,2H3,(H,26,28)/b25-17-. The molecule has 1 N–H and O–H groups in total. The summed E-state index contributed by atoms with van der Waals surface area (Å²) in [5.41, 5.74) is 4.02. The number of hydrazone groups is 1. The van der Waals surface area contributed by atoms with E-state index >= 15 is 0 Å². The van der Waals surface area contributed by atoms with Gasteiger partial charge in [0.1, 0.15) is 18.1 Å². The Morgan fingerprint density at radius 2 is 1.90 bits per heavy atom. The Morgan fingerprint density at radius 3 is 2.65 bits per heavy atom. The number of nitrogens with zero attached hydrogens (tertiary/aromatic N) is 2. The van der Waals surface area contributed by atoms with Gasteiger partial charge in [-0.3, -0.25) is 9.59 Å². The lowest BCUT2D eigenvalue weighted by Gasteiger charge is -2.31. The summed E-state index contributed by atoms with van der Waals surface area (Å²) in [5, 5.41) is 4.06.